The van der Waals surface area contributed by atoms with Crippen molar-refractivity contribution in [1.82, 2.24) is 4.98 Å². The third-order valence-electron chi connectivity index (χ3n) is 3.13. The molecule has 2 N–H and O–H groups in total. The fraction of sp³-hybridized carbons (Fsp3) is 0.727. The number of nitrogens with one attached hydrogen (secondary N) is 1. The van der Waals surface area contributed by atoms with Crippen molar-refractivity contribution in [1.29, 1.82) is 0 Å². The van der Waals surface area contributed by atoms with Crippen LogP contribution in [0.5, 0.6) is 0 Å². The van der Waals surface area contributed by atoms with Crippen LogP contribution >= 0.6 is 11.3 Å². The molecule has 0 aromatic carbocycles. The minimum atomic E-state index is 0.305. The van der Waals surface area contributed by atoms with Gasteiger partial charge in [-0.05, 0) is 31.1 Å². The number of aliphatic hydroxyl groups excluding tert-OH is 1. The molecule has 0 radical (unpaired) electrons. The van der Waals surface area contributed by atoms with Gasteiger partial charge in [0.15, 0.2) is 5.13 Å². The summed E-state index contributed by atoms with van der Waals surface area (Å²) in [5.41, 5.74) is 1.53. The summed E-state index contributed by atoms with van der Waals surface area (Å²) in [5.74, 6) is 0. The summed E-state index contributed by atoms with van der Waals surface area (Å²) >= 11 is 1.68. The van der Waals surface area contributed by atoms with Crippen LogP contribution in [-0.2, 0) is 6.42 Å². The second-order valence-corrected chi connectivity index (χ2v) is 5.18. The van der Waals surface area contributed by atoms with Crippen LogP contribution in [0.4, 0.5) is 5.13 Å². The molecule has 0 atom stereocenters. The molecule has 4 heteroatoms. The smallest absolute Gasteiger partial charge is 0.182 e. The van der Waals surface area contributed by atoms with E-state index < -0.39 is 0 Å². The maximum Gasteiger partial charge on any atom is 0.182 e. The van der Waals surface area contributed by atoms with E-state index in [0.29, 0.717) is 12.0 Å². The van der Waals surface area contributed by atoms with Gasteiger partial charge in [-0.3, -0.25) is 0 Å². The van der Waals surface area contributed by atoms with Gasteiger partial charge in [-0.15, -0.1) is 11.3 Å². The zero-order valence-electron chi connectivity index (χ0n) is 9.12. The number of aliphatic hydroxyl groups is 1. The van der Waals surface area contributed by atoms with E-state index in [2.05, 4.69) is 22.6 Å². The van der Waals surface area contributed by atoms with Crippen LogP contribution in [0.25, 0.3) is 0 Å². The van der Waals surface area contributed by atoms with Crippen molar-refractivity contribution >= 4 is 16.5 Å². The van der Waals surface area contributed by atoms with Crippen LogP contribution < -0.4 is 5.32 Å². The van der Waals surface area contributed by atoms with Crippen molar-refractivity contribution in [2.75, 3.05) is 18.5 Å². The molecule has 0 amide bonds. The Morgan fingerprint density at radius 1 is 1.60 bits per heavy atom. The average molecular weight is 226 g/mol. The SMILES string of the molecule is CCc1csc(NCC2(CCO)CC2)n1. The average Bonchev–Trinajstić information content (AvgIpc) is 2.86. The fourth-order valence-corrected chi connectivity index (χ4v) is 2.54. The third-order valence-corrected chi connectivity index (χ3v) is 3.98. The molecule has 1 fully saturated rings. The van der Waals surface area contributed by atoms with Crippen molar-refractivity contribution in [3.05, 3.63) is 11.1 Å². The van der Waals surface area contributed by atoms with Crippen LogP contribution in [0.15, 0.2) is 5.38 Å². The maximum absolute atomic E-state index is 8.94. The molecule has 1 aromatic heterocycles. The quantitative estimate of drug-likeness (QED) is 0.782. The molecule has 1 saturated carbocycles. The minimum Gasteiger partial charge on any atom is -0.396 e. The Hall–Kier alpha value is -0.610. The predicted octanol–water partition coefficient (Wildman–Crippen LogP) is 2.28. The summed E-state index contributed by atoms with van der Waals surface area (Å²) < 4.78 is 0. The van der Waals surface area contributed by atoms with Crippen molar-refractivity contribution < 1.29 is 5.11 Å². The molecule has 1 aliphatic carbocycles. The monoisotopic (exact) mass is 226 g/mol. The van der Waals surface area contributed by atoms with Gasteiger partial charge in [0.05, 0.1) is 5.69 Å². The second-order valence-electron chi connectivity index (χ2n) is 4.32. The van der Waals surface area contributed by atoms with Crippen molar-refractivity contribution in [2.45, 2.75) is 32.6 Å². The minimum absolute atomic E-state index is 0.305. The van der Waals surface area contributed by atoms with Crippen LogP contribution in [0.1, 0.15) is 31.9 Å². The fourth-order valence-electron chi connectivity index (χ4n) is 1.74. The van der Waals surface area contributed by atoms with Crippen molar-refractivity contribution in [3.63, 3.8) is 0 Å². The highest BCUT2D eigenvalue weighted by molar-refractivity contribution is 7.13. The number of anilines is 1. The Labute approximate surface area is 94.5 Å². The molecule has 84 valence electrons. The van der Waals surface area contributed by atoms with E-state index in [1.807, 2.05) is 0 Å². The van der Waals surface area contributed by atoms with Gasteiger partial charge in [-0.1, -0.05) is 6.92 Å². The Morgan fingerprint density at radius 2 is 2.40 bits per heavy atom. The molecule has 15 heavy (non-hydrogen) atoms. The molecule has 3 nitrogen and oxygen atoms in total. The number of nitrogens with zero attached hydrogens (tertiary/aromatic N) is 1. The van der Waals surface area contributed by atoms with Gasteiger partial charge < -0.3 is 10.4 Å². The highest BCUT2D eigenvalue weighted by Crippen LogP contribution is 2.48. The summed E-state index contributed by atoms with van der Waals surface area (Å²) in [6, 6.07) is 0. The van der Waals surface area contributed by atoms with E-state index in [-0.39, 0.29) is 0 Å². The summed E-state index contributed by atoms with van der Waals surface area (Å²) in [6.07, 6.45) is 4.41. The van der Waals surface area contributed by atoms with Gasteiger partial charge in [0, 0.05) is 18.5 Å². The number of aromatic nitrogens is 1. The molecule has 1 heterocycles. The summed E-state index contributed by atoms with van der Waals surface area (Å²) in [4.78, 5) is 4.46. The number of hydrogen-bond acceptors (Lipinski definition) is 4. The van der Waals surface area contributed by atoms with Crippen molar-refractivity contribution in [2.24, 2.45) is 5.41 Å². The lowest BCUT2D eigenvalue weighted by molar-refractivity contribution is 0.253. The van der Waals surface area contributed by atoms with Gasteiger partial charge in [-0.25, -0.2) is 4.98 Å². The first-order chi connectivity index (χ1) is 7.28. The molecule has 1 aromatic rings. The van der Waals surface area contributed by atoms with E-state index in [1.54, 1.807) is 11.3 Å². The number of thiazole rings is 1. The molecule has 1 aliphatic rings. The Bertz CT molecular complexity index is 320. The first kappa shape index (κ1) is 10.9. The molecule has 0 bridgehead atoms. The Morgan fingerprint density at radius 3 is 2.93 bits per heavy atom. The van der Waals surface area contributed by atoms with Gasteiger partial charge in [0.1, 0.15) is 0 Å². The van der Waals surface area contributed by atoms with Gasteiger partial charge in [0.25, 0.3) is 0 Å². The summed E-state index contributed by atoms with van der Waals surface area (Å²) in [5, 5.41) is 15.5. The highest BCUT2D eigenvalue weighted by Gasteiger charge is 2.41. The molecule has 0 spiro atoms. The van der Waals surface area contributed by atoms with Crippen LogP contribution in [-0.4, -0.2) is 23.2 Å². The van der Waals surface area contributed by atoms with E-state index in [0.717, 1.165) is 30.2 Å². The second kappa shape index (κ2) is 4.49. The molecule has 2 rings (SSSR count). The lowest BCUT2D eigenvalue weighted by atomic mass is 10.0. The van der Waals surface area contributed by atoms with Gasteiger partial charge in [-0.2, -0.15) is 0 Å². The molecular weight excluding hydrogens is 208 g/mol. The van der Waals surface area contributed by atoms with Crippen LogP contribution in [0, 0.1) is 5.41 Å². The first-order valence-electron chi connectivity index (χ1n) is 5.57. The lowest BCUT2D eigenvalue weighted by Gasteiger charge is -2.13. The Balaban J connectivity index is 1.82. The summed E-state index contributed by atoms with van der Waals surface area (Å²) in [6.45, 7) is 3.39. The number of rotatable bonds is 6. The van der Waals surface area contributed by atoms with E-state index >= 15 is 0 Å². The van der Waals surface area contributed by atoms with E-state index in [4.69, 9.17) is 5.11 Å². The Kier molecular flexibility index (Phi) is 3.26. The number of aryl methyl sites for hydroxylation is 1. The van der Waals surface area contributed by atoms with Gasteiger partial charge in [0.2, 0.25) is 0 Å². The van der Waals surface area contributed by atoms with Gasteiger partial charge >= 0.3 is 0 Å². The zero-order chi connectivity index (χ0) is 10.7. The van der Waals surface area contributed by atoms with Crippen LogP contribution in [0.3, 0.4) is 0 Å². The summed E-state index contributed by atoms with van der Waals surface area (Å²) in [7, 11) is 0. The van der Waals surface area contributed by atoms with E-state index in [9.17, 15) is 0 Å². The standard InChI is InChI=1S/C11H18N2OS/c1-2-9-7-15-10(13-9)12-8-11(3-4-11)5-6-14/h7,14H,2-6,8H2,1H3,(H,12,13). The normalized spacial score (nSPS) is 17.7. The molecule has 0 aliphatic heterocycles. The van der Waals surface area contributed by atoms with Crippen molar-refractivity contribution in [3.8, 4) is 0 Å². The van der Waals surface area contributed by atoms with E-state index in [1.165, 1.54) is 12.8 Å². The predicted molar refractivity (Wildman–Crippen MR) is 63.4 cm³/mol. The number of hydrogen-bond donors (Lipinski definition) is 2. The maximum atomic E-state index is 8.94. The first-order valence-corrected chi connectivity index (χ1v) is 6.45. The van der Waals surface area contributed by atoms with Crippen LogP contribution in [0.2, 0.25) is 0 Å². The molecule has 0 saturated heterocycles. The third kappa shape index (κ3) is 2.69. The largest absolute Gasteiger partial charge is 0.396 e. The highest BCUT2D eigenvalue weighted by atomic mass is 32.1. The molecule has 0 unspecified atom stereocenters. The lowest BCUT2D eigenvalue weighted by Crippen LogP contribution is -2.16. The molecular formula is C11H18N2OS. The zero-order valence-corrected chi connectivity index (χ0v) is 9.94. The topological polar surface area (TPSA) is 45.1 Å².